The number of aliphatic carboxylic acids is 1. The number of fused-ring (bicyclic) bond motifs is 1. The highest BCUT2D eigenvalue weighted by atomic mass is 16.4. The number of amides is 1. The van der Waals surface area contributed by atoms with Crippen molar-refractivity contribution in [1.29, 1.82) is 0 Å². The molecule has 6 heteroatoms. The molecule has 6 nitrogen and oxygen atoms in total. The minimum atomic E-state index is -0.907. The summed E-state index contributed by atoms with van der Waals surface area (Å²) in [6.45, 7) is 6.84. The second-order valence-corrected chi connectivity index (χ2v) is 8.93. The standard InChI is InChI=1S/C22H31N3O3/c26-20(5-6-21(27)28)25-14-19-4-2-1-3-18(19)11-22(16-25)8-10-24(15-22)13-17-7-9-23-12-17/h1-4,17,23H,5-16H2,(H,27,28). The number of rotatable bonds is 5. The molecule has 0 saturated carbocycles. The number of hydrogen-bond donors (Lipinski definition) is 2. The largest absolute Gasteiger partial charge is 0.481 e. The maximum Gasteiger partial charge on any atom is 0.303 e. The third-order valence-electron chi connectivity index (χ3n) is 6.67. The van der Waals surface area contributed by atoms with E-state index in [1.54, 1.807) is 0 Å². The number of carbonyl (C=O) groups is 2. The van der Waals surface area contributed by atoms with Gasteiger partial charge in [0, 0.05) is 38.0 Å². The topological polar surface area (TPSA) is 72.9 Å². The number of likely N-dealkylation sites (tertiary alicyclic amines) is 1. The Morgan fingerprint density at radius 3 is 2.75 bits per heavy atom. The summed E-state index contributed by atoms with van der Waals surface area (Å²) in [6.07, 6.45) is 3.36. The Bertz CT molecular complexity index is 731. The first-order valence-corrected chi connectivity index (χ1v) is 10.5. The minimum absolute atomic E-state index is 0.0306. The van der Waals surface area contributed by atoms with Crippen LogP contribution in [0.15, 0.2) is 24.3 Å². The molecule has 2 saturated heterocycles. The smallest absolute Gasteiger partial charge is 0.303 e. The second kappa shape index (κ2) is 8.21. The van der Waals surface area contributed by atoms with Crippen molar-refractivity contribution in [3.8, 4) is 0 Å². The Morgan fingerprint density at radius 2 is 2.00 bits per heavy atom. The number of carboxylic acids is 1. The lowest BCUT2D eigenvalue weighted by molar-refractivity contribution is -0.141. The van der Waals surface area contributed by atoms with Crippen LogP contribution in [0.1, 0.15) is 36.8 Å². The van der Waals surface area contributed by atoms with Gasteiger partial charge in [-0.05, 0) is 55.9 Å². The van der Waals surface area contributed by atoms with Crippen LogP contribution in [0, 0.1) is 11.3 Å². The summed E-state index contributed by atoms with van der Waals surface area (Å²) >= 11 is 0. The number of nitrogens with zero attached hydrogens (tertiary/aromatic N) is 2. The molecule has 0 aromatic heterocycles. The number of nitrogens with one attached hydrogen (secondary N) is 1. The summed E-state index contributed by atoms with van der Waals surface area (Å²) in [5.41, 5.74) is 2.64. The Hall–Kier alpha value is -1.92. The average molecular weight is 386 g/mol. The summed E-state index contributed by atoms with van der Waals surface area (Å²) in [7, 11) is 0. The van der Waals surface area contributed by atoms with Crippen molar-refractivity contribution in [3.05, 3.63) is 35.4 Å². The zero-order valence-corrected chi connectivity index (χ0v) is 16.5. The van der Waals surface area contributed by atoms with Gasteiger partial charge >= 0.3 is 5.97 Å². The highest BCUT2D eigenvalue weighted by Gasteiger charge is 2.43. The summed E-state index contributed by atoms with van der Waals surface area (Å²) < 4.78 is 0. The van der Waals surface area contributed by atoms with E-state index in [-0.39, 0.29) is 24.2 Å². The second-order valence-electron chi connectivity index (χ2n) is 8.93. The predicted molar refractivity (Wildman–Crippen MR) is 107 cm³/mol. The van der Waals surface area contributed by atoms with Crippen LogP contribution in [-0.2, 0) is 22.6 Å². The van der Waals surface area contributed by atoms with Crippen LogP contribution in [0.2, 0.25) is 0 Å². The molecule has 3 heterocycles. The lowest BCUT2D eigenvalue weighted by Crippen LogP contribution is -2.42. The van der Waals surface area contributed by atoms with Crippen LogP contribution in [0.3, 0.4) is 0 Å². The van der Waals surface area contributed by atoms with Crippen molar-refractivity contribution in [2.45, 2.75) is 38.6 Å². The van der Waals surface area contributed by atoms with Gasteiger partial charge in [-0.1, -0.05) is 24.3 Å². The van der Waals surface area contributed by atoms with E-state index < -0.39 is 5.97 Å². The van der Waals surface area contributed by atoms with Gasteiger partial charge in [-0.15, -0.1) is 0 Å². The van der Waals surface area contributed by atoms with E-state index >= 15 is 0 Å². The van der Waals surface area contributed by atoms with Crippen LogP contribution < -0.4 is 5.32 Å². The zero-order chi connectivity index (χ0) is 19.6. The maximum atomic E-state index is 12.8. The quantitative estimate of drug-likeness (QED) is 0.808. The molecule has 3 aliphatic heterocycles. The van der Waals surface area contributed by atoms with Crippen molar-refractivity contribution in [2.24, 2.45) is 11.3 Å². The van der Waals surface area contributed by atoms with Crippen molar-refractivity contribution in [2.75, 3.05) is 39.3 Å². The molecule has 0 aliphatic carbocycles. The summed E-state index contributed by atoms with van der Waals surface area (Å²) in [5, 5.41) is 12.4. The Morgan fingerprint density at radius 1 is 1.18 bits per heavy atom. The maximum absolute atomic E-state index is 12.8. The van der Waals surface area contributed by atoms with E-state index in [0.29, 0.717) is 6.54 Å². The molecule has 1 amide bonds. The van der Waals surface area contributed by atoms with Crippen LogP contribution >= 0.6 is 0 Å². The molecule has 1 aromatic rings. The van der Waals surface area contributed by atoms with Gasteiger partial charge in [0.15, 0.2) is 0 Å². The van der Waals surface area contributed by atoms with E-state index in [2.05, 4.69) is 28.4 Å². The van der Waals surface area contributed by atoms with Crippen molar-refractivity contribution in [3.63, 3.8) is 0 Å². The molecule has 4 rings (SSSR count). The third-order valence-corrected chi connectivity index (χ3v) is 6.67. The highest BCUT2D eigenvalue weighted by Crippen LogP contribution is 2.39. The Kier molecular flexibility index (Phi) is 5.69. The van der Waals surface area contributed by atoms with Crippen LogP contribution in [0.4, 0.5) is 0 Å². The molecule has 2 atom stereocenters. The summed E-state index contributed by atoms with van der Waals surface area (Å²) in [6, 6.07) is 8.44. The van der Waals surface area contributed by atoms with Gasteiger partial charge < -0.3 is 20.2 Å². The van der Waals surface area contributed by atoms with Gasteiger partial charge in [0.05, 0.1) is 6.42 Å². The van der Waals surface area contributed by atoms with Crippen molar-refractivity contribution < 1.29 is 14.7 Å². The minimum Gasteiger partial charge on any atom is -0.481 e. The molecule has 1 aromatic carbocycles. The normalized spacial score (nSPS) is 27.7. The number of hydrogen-bond acceptors (Lipinski definition) is 4. The van der Waals surface area contributed by atoms with E-state index in [9.17, 15) is 9.59 Å². The number of benzene rings is 1. The Balaban J connectivity index is 1.51. The molecule has 152 valence electrons. The van der Waals surface area contributed by atoms with Gasteiger partial charge in [0.1, 0.15) is 0 Å². The Labute approximate surface area is 166 Å². The fraction of sp³-hybridized carbons (Fsp3) is 0.636. The van der Waals surface area contributed by atoms with Crippen molar-refractivity contribution in [1.82, 2.24) is 15.1 Å². The van der Waals surface area contributed by atoms with Gasteiger partial charge in [-0.2, -0.15) is 0 Å². The first kappa shape index (κ1) is 19.4. The summed E-state index contributed by atoms with van der Waals surface area (Å²) in [4.78, 5) is 28.2. The lowest BCUT2D eigenvalue weighted by atomic mass is 9.80. The van der Waals surface area contributed by atoms with Crippen molar-refractivity contribution >= 4 is 11.9 Å². The molecule has 0 radical (unpaired) electrons. The summed E-state index contributed by atoms with van der Waals surface area (Å²) in [5.74, 6) is -0.200. The number of carboxylic acid groups (broad SMARTS) is 1. The molecular formula is C22H31N3O3. The molecule has 2 unspecified atom stereocenters. The van der Waals surface area contributed by atoms with Gasteiger partial charge in [-0.25, -0.2) is 0 Å². The fourth-order valence-electron chi connectivity index (χ4n) is 5.25. The average Bonchev–Trinajstić information content (AvgIpc) is 3.27. The fourth-order valence-corrected chi connectivity index (χ4v) is 5.25. The van der Waals surface area contributed by atoms with Crippen LogP contribution in [0.25, 0.3) is 0 Å². The van der Waals surface area contributed by atoms with Gasteiger partial charge in [0.2, 0.25) is 5.91 Å². The predicted octanol–water partition coefficient (Wildman–Crippen LogP) is 1.74. The third kappa shape index (κ3) is 4.39. The lowest BCUT2D eigenvalue weighted by Gasteiger charge is -2.33. The SMILES string of the molecule is O=C(O)CCC(=O)N1Cc2ccccc2CC2(CCN(CC3CCNC3)C2)C1. The molecule has 28 heavy (non-hydrogen) atoms. The van der Waals surface area contributed by atoms with Crippen LogP contribution in [0.5, 0.6) is 0 Å². The van der Waals surface area contributed by atoms with E-state index in [1.807, 2.05) is 11.0 Å². The zero-order valence-electron chi connectivity index (χ0n) is 16.5. The first-order valence-electron chi connectivity index (χ1n) is 10.5. The molecule has 1 spiro atoms. The number of carbonyl (C=O) groups excluding carboxylic acids is 1. The van der Waals surface area contributed by atoms with Crippen LogP contribution in [-0.4, -0.2) is 66.1 Å². The highest BCUT2D eigenvalue weighted by molar-refractivity contribution is 5.80. The van der Waals surface area contributed by atoms with Gasteiger partial charge in [0.25, 0.3) is 0 Å². The monoisotopic (exact) mass is 385 g/mol. The van der Waals surface area contributed by atoms with E-state index in [0.717, 1.165) is 58.0 Å². The molecular weight excluding hydrogens is 354 g/mol. The first-order chi connectivity index (χ1) is 13.5. The molecule has 0 bridgehead atoms. The molecule has 3 aliphatic rings. The van der Waals surface area contributed by atoms with Gasteiger partial charge in [-0.3, -0.25) is 9.59 Å². The van der Waals surface area contributed by atoms with E-state index in [4.69, 9.17) is 5.11 Å². The van der Waals surface area contributed by atoms with E-state index in [1.165, 1.54) is 17.5 Å². The molecule has 2 fully saturated rings. The molecule has 2 N–H and O–H groups in total.